The Bertz CT molecular complexity index is 1000. The average molecular weight is 380 g/mol. The van der Waals surface area contributed by atoms with Crippen molar-refractivity contribution in [1.29, 1.82) is 0 Å². The second-order valence-corrected chi connectivity index (χ2v) is 6.18. The third kappa shape index (κ3) is 4.20. The van der Waals surface area contributed by atoms with Crippen molar-refractivity contribution >= 4 is 34.3 Å². The third-order valence-corrected chi connectivity index (χ3v) is 4.28. The molecule has 10 heteroatoms. The second kappa shape index (κ2) is 7.16. The van der Waals surface area contributed by atoms with Gasteiger partial charge < -0.3 is 10.3 Å². The van der Waals surface area contributed by atoms with E-state index in [-0.39, 0.29) is 17.2 Å². The molecule has 2 N–H and O–H groups in total. The molecule has 3 rings (SSSR count). The van der Waals surface area contributed by atoms with Crippen LogP contribution in [0.15, 0.2) is 52.7 Å². The van der Waals surface area contributed by atoms with Crippen LogP contribution in [-0.2, 0) is 11.0 Å². The van der Waals surface area contributed by atoms with E-state index >= 15 is 0 Å². The Labute approximate surface area is 148 Å². The van der Waals surface area contributed by atoms with Gasteiger partial charge in [-0.15, -0.1) is 0 Å². The summed E-state index contributed by atoms with van der Waals surface area (Å²) >= 11 is 1.00. The van der Waals surface area contributed by atoms with E-state index in [0.717, 1.165) is 24.0 Å². The highest BCUT2D eigenvalue weighted by Gasteiger charge is 2.30. The summed E-state index contributed by atoms with van der Waals surface area (Å²) in [7, 11) is 0. The maximum absolute atomic E-state index is 12.5. The smallest absolute Gasteiger partial charge is 0.325 e. The number of hydrogen-bond donors (Lipinski definition) is 2. The van der Waals surface area contributed by atoms with Gasteiger partial charge in [-0.2, -0.15) is 13.2 Å². The molecule has 2 heterocycles. The zero-order valence-electron chi connectivity index (χ0n) is 13.0. The standard InChI is InChI=1S/C16H11F3N4O2S/c17-16(18,19)9-1-4-14(20-6-9)26-7-13(24)23-10-2-3-12-11(5-10)15(25)22-8-21-12/h1-6,8H,7H2,(H,23,24)(H,21,22,25). The van der Waals surface area contributed by atoms with Crippen molar-refractivity contribution in [2.45, 2.75) is 11.2 Å². The van der Waals surface area contributed by atoms with Gasteiger partial charge in [0.05, 0.1) is 33.6 Å². The Morgan fingerprint density at radius 1 is 1.19 bits per heavy atom. The monoisotopic (exact) mass is 380 g/mol. The summed E-state index contributed by atoms with van der Waals surface area (Å²) in [4.78, 5) is 33.8. The molecule has 0 fully saturated rings. The number of aromatic nitrogens is 3. The van der Waals surface area contributed by atoms with Crippen LogP contribution in [0.5, 0.6) is 0 Å². The van der Waals surface area contributed by atoms with E-state index < -0.39 is 11.7 Å². The Morgan fingerprint density at radius 3 is 2.69 bits per heavy atom. The molecule has 0 saturated heterocycles. The van der Waals surface area contributed by atoms with Crippen LogP contribution in [0.3, 0.4) is 0 Å². The normalized spacial score (nSPS) is 11.5. The van der Waals surface area contributed by atoms with Crippen molar-refractivity contribution in [3.63, 3.8) is 0 Å². The minimum absolute atomic E-state index is 0.0419. The number of pyridine rings is 1. The maximum Gasteiger partial charge on any atom is 0.417 e. The second-order valence-electron chi connectivity index (χ2n) is 5.18. The lowest BCUT2D eigenvalue weighted by atomic mass is 10.2. The molecule has 0 saturated carbocycles. The number of rotatable bonds is 4. The van der Waals surface area contributed by atoms with Crippen molar-refractivity contribution < 1.29 is 18.0 Å². The van der Waals surface area contributed by atoms with Gasteiger partial charge in [0, 0.05) is 11.9 Å². The van der Waals surface area contributed by atoms with Crippen molar-refractivity contribution in [2.75, 3.05) is 11.1 Å². The number of fused-ring (bicyclic) bond motifs is 1. The summed E-state index contributed by atoms with van der Waals surface area (Å²) in [5.41, 5.74) is -0.257. The Balaban J connectivity index is 1.62. The lowest BCUT2D eigenvalue weighted by Gasteiger charge is -2.07. The van der Waals surface area contributed by atoms with E-state index in [4.69, 9.17) is 0 Å². The highest BCUT2D eigenvalue weighted by Crippen LogP contribution is 2.29. The van der Waals surface area contributed by atoms with Crippen LogP contribution in [0.1, 0.15) is 5.56 Å². The number of nitrogens with one attached hydrogen (secondary N) is 2. The first-order chi connectivity index (χ1) is 12.3. The van der Waals surface area contributed by atoms with Crippen LogP contribution < -0.4 is 10.9 Å². The summed E-state index contributed by atoms with van der Waals surface area (Å²) in [6.07, 6.45) is -2.43. The van der Waals surface area contributed by atoms with Gasteiger partial charge in [0.25, 0.3) is 5.56 Å². The average Bonchev–Trinajstić information content (AvgIpc) is 2.60. The molecule has 26 heavy (non-hydrogen) atoms. The summed E-state index contributed by atoms with van der Waals surface area (Å²) < 4.78 is 37.4. The number of alkyl halides is 3. The van der Waals surface area contributed by atoms with Gasteiger partial charge in [0.15, 0.2) is 0 Å². The molecule has 0 aliphatic heterocycles. The molecule has 6 nitrogen and oxygen atoms in total. The SMILES string of the molecule is O=C(CSc1ccc(C(F)(F)F)cn1)Nc1ccc2nc[nH]c(=O)c2c1. The zero-order valence-corrected chi connectivity index (χ0v) is 13.8. The molecule has 0 radical (unpaired) electrons. The molecule has 1 amide bonds. The molecular formula is C16H11F3N4O2S. The van der Waals surface area contributed by atoms with E-state index in [1.165, 1.54) is 18.5 Å². The van der Waals surface area contributed by atoms with E-state index in [1.807, 2.05) is 0 Å². The predicted molar refractivity (Wildman–Crippen MR) is 91.0 cm³/mol. The highest BCUT2D eigenvalue weighted by molar-refractivity contribution is 7.99. The lowest BCUT2D eigenvalue weighted by Crippen LogP contribution is -2.15. The minimum Gasteiger partial charge on any atom is -0.325 e. The topological polar surface area (TPSA) is 87.7 Å². The number of carbonyl (C=O) groups is 1. The van der Waals surface area contributed by atoms with Crippen LogP contribution >= 0.6 is 11.8 Å². The Morgan fingerprint density at radius 2 is 2.00 bits per heavy atom. The zero-order chi connectivity index (χ0) is 18.7. The molecule has 134 valence electrons. The van der Waals surface area contributed by atoms with Gasteiger partial charge in [-0.3, -0.25) is 9.59 Å². The number of nitrogens with zero attached hydrogens (tertiary/aromatic N) is 2. The van der Waals surface area contributed by atoms with Crippen molar-refractivity contribution in [3.8, 4) is 0 Å². The van der Waals surface area contributed by atoms with E-state index in [0.29, 0.717) is 21.6 Å². The van der Waals surface area contributed by atoms with E-state index in [2.05, 4.69) is 20.3 Å². The van der Waals surface area contributed by atoms with Crippen LogP contribution in [-0.4, -0.2) is 26.6 Å². The molecular weight excluding hydrogens is 369 g/mol. The number of aromatic amines is 1. The number of hydrogen-bond acceptors (Lipinski definition) is 5. The predicted octanol–water partition coefficient (Wildman–Crippen LogP) is 3.07. The van der Waals surface area contributed by atoms with Crippen molar-refractivity contribution in [3.05, 3.63) is 58.8 Å². The van der Waals surface area contributed by atoms with E-state index in [9.17, 15) is 22.8 Å². The molecule has 3 aromatic rings. The molecule has 2 aromatic heterocycles. The first kappa shape index (κ1) is 17.9. The summed E-state index contributed by atoms with van der Waals surface area (Å²) in [6, 6.07) is 6.83. The summed E-state index contributed by atoms with van der Waals surface area (Å²) in [6.45, 7) is 0. The Kier molecular flexibility index (Phi) is 4.94. The lowest BCUT2D eigenvalue weighted by molar-refractivity contribution is -0.137. The number of halogens is 3. The number of amides is 1. The third-order valence-electron chi connectivity index (χ3n) is 3.34. The minimum atomic E-state index is -4.45. The fourth-order valence-electron chi connectivity index (χ4n) is 2.12. The van der Waals surface area contributed by atoms with Gasteiger partial charge >= 0.3 is 6.18 Å². The molecule has 0 atom stereocenters. The maximum atomic E-state index is 12.5. The molecule has 0 spiro atoms. The van der Waals surface area contributed by atoms with Crippen LogP contribution in [0.25, 0.3) is 10.9 Å². The van der Waals surface area contributed by atoms with Crippen LogP contribution in [0.2, 0.25) is 0 Å². The number of H-pyrrole nitrogens is 1. The number of carbonyl (C=O) groups excluding carboxylic acids is 1. The summed E-state index contributed by atoms with van der Waals surface area (Å²) in [5, 5.41) is 3.25. The largest absolute Gasteiger partial charge is 0.417 e. The quantitative estimate of drug-likeness (QED) is 0.680. The molecule has 0 bridgehead atoms. The fourth-order valence-corrected chi connectivity index (χ4v) is 2.76. The molecule has 0 aliphatic rings. The van der Waals surface area contributed by atoms with Gasteiger partial charge in [-0.25, -0.2) is 9.97 Å². The van der Waals surface area contributed by atoms with Gasteiger partial charge in [0.1, 0.15) is 0 Å². The Hall–Kier alpha value is -2.88. The van der Waals surface area contributed by atoms with Crippen molar-refractivity contribution in [1.82, 2.24) is 15.0 Å². The molecule has 0 aliphatic carbocycles. The van der Waals surface area contributed by atoms with Gasteiger partial charge in [0.2, 0.25) is 5.91 Å². The highest BCUT2D eigenvalue weighted by atomic mass is 32.2. The molecule has 1 aromatic carbocycles. The van der Waals surface area contributed by atoms with Crippen LogP contribution in [0, 0.1) is 0 Å². The fraction of sp³-hybridized carbons (Fsp3) is 0.125. The first-order valence-electron chi connectivity index (χ1n) is 7.26. The number of anilines is 1. The summed E-state index contributed by atoms with van der Waals surface area (Å²) in [5.74, 6) is -0.420. The van der Waals surface area contributed by atoms with Crippen molar-refractivity contribution in [2.24, 2.45) is 0 Å². The van der Waals surface area contributed by atoms with Gasteiger partial charge in [-0.1, -0.05) is 11.8 Å². The number of thioether (sulfide) groups is 1. The van der Waals surface area contributed by atoms with Crippen LogP contribution in [0.4, 0.5) is 18.9 Å². The van der Waals surface area contributed by atoms with Gasteiger partial charge in [-0.05, 0) is 30.3 Å². The molecule has 0 unspecified atom stereocenters. The first-order valence-corrected chi connectivity index (χ1v) is 8.25. The number of benzene rings is 1. The van der Waals surface area contributed by atoms with E-state index in [1.54, 1.807) is 12.1 Å².